The maximum absolute atomic E-state index is 13.1. The van der Waals surface area contributed by atoms with Crippen LogP contribution in [0.25, 0.3) is 33.4 Å². The average Bonchev–Trinajstić information content (AvgIpc) is 3.27. The molecule has 5 rings (SSSR count). The standard InChI is InChI=1S/C29H21N3O2S/c1-19(35-25-17-16-20-10-8-9-15-24(20)31-25)28(33)32-29-23(18-30)26(21-11-4-2-5-12-21)27(34-29)22-13-6-3-7-14-22/h2-17,19H,1H3,(H,32,33). The summed E-state index contributed by atoms with van der Waals surface area (Å²) in [5.74, 6) is 0.420. The molecule has 0 aliphatic carbocycles. The van der Waals surface area contributed by atoms with Crippen LogP contribution in [0.4, 0.5) is 5.88 Å². The maximum atomic E-state index is 13.1. The number of hydrogen-bond donors (Lipinski definition) is 1. The lowest BCUT2D eigenvalue weighted by Gasteiger charge is -2.11. The molecule has 35 heavy (non-hydrogen) atoms. The van der Waals surface area contributed by atoms with Crippen molar-refractivity contribution in [1.82, 2.24) is 4.98 Å². The van der Waals surface area contributed by atoms with E-state index in [1.807, 2.05) is 104 Å². The van der Waals surface area contributed by atoms with E-state index >= 15 is 0 Å². The number of amides is 1. The highest BCUT2D eigenvalue weighted by molar-refractivity contribution is 8.00. The molecule has 1 unspecified atom stereocenters. The Hall–Kier alpha value is -4.34. The third kappa shape index (κ3) is 4.68. The number of anilines is 1. The molecule has 1 atom stereocenters. The molecular formula is C29H21N3O2S. The van der Waals surface area contributed by atoms with Crippen LogP contribution in [0.5, 0.6) is 0 Å². The Kier molecular flexibility index (Phi) is 6.34. The van der Waals surface area contributed by atoms with Gasteiger partial charge in [0.15, 0.2) is 0 Å². The van der Waals surface area contributed by atoms with E-state index in [0.29, 0.717) is 16.9 Å². The monoisotopic (exact) mass is 475 g/mol. The Balaban J connectivity index is 1.45. The van der Waals surface area contributed by atoms with Gasteiger partial charge < -0.3 is 4.42 Å². The van der Waals surface area contributed by atoms with Crippen molar-refractivity contribution in [2.75, 3.05) is 5.32 Å². The van der Waals surface area contributed by atoms with Crippen molar-refractivity contribution in [3.8, 4) is 28.5 Å². The smallest absolute Gasteiger partial charge is 0.239 e. The van der Waals surface area contributed by atoms with Gasteiger partial charge in [0.05, 0.1) is 15.8 Å². The number of rotatable bonds is 6. The number of nitrogens with zero attached hydrogens (tertiary/aromatic N) is 2. The minimum Gasteiger partial charge on any atom is -0.438 e. The summed E-state index contributed by atoms with van der Waals surface area (Å²) in [4.78, 5) is 17.8. The van der Waals surface area contributed by atoms with Crippen LogP contribution in [-0.2, 0) is 4.79 Å². The van der Waals surface area contributed by atoms with Gasteiger partial charge in [-0.05, 0) is 24.6 Å². The molecule has 170 valence electrons. The van der Waals surface area contributed by atoms with Gasteiger partial charge in [0, 0.05) is 16.5 Å². The van der Waals surface area contributed by atoms with Crippen LogP contribution in [0.3, 0.4) is 0 Å². The first kappa shape index (κ1) is 22.5. The van der Waals surface area contributed by atoms with Crippen molar-refractivity contribution in [2.24, 2.45) is 0 Å². The van der Waals surface area contributed by atoms with Crippen LogP contribution in [0, 0.1) is 11.3 Å². The van der Waals surface area contributed by atoms with Gasteiger partial charge in [-0.3, -0.25) is 10.1 Å². The minimum atomic E-state index is -0.458. The molecule has 0 aliphatic heterocycles. The van der Waals surface area contributed by atoms with E-state index in [1.165, 1.54) is 11.8 Å². The topological polar surface area (TPSA) is 78.9 Å². The van der Waals surface area contributed by atoms with Crippen LogP contribution in [0.15, 0.2) is 107 Å². The van der Waals surface area contributed by atoms with Crippen molar-refractivity contribution in [3.05, 3.63) is 103 Å². The summed E-state index contributed by atoms with van der Waals surface area (Å²) in [5, 5.41) is 14.2. The molecule has 0 bridgehead atoms. The highest BCUT2D eigenvalue weighted by Gasteiger charge is 2.26. The molecule has 0 radical (unpaired) electrons. The van der Waals surface area contributed by atoms with Gasteiger partial charge in [-0.1, -0.05) is 96.7 Å². The molecule has 5 aromatic rings. The SMILES string of the molecule is CC(Sc1ccc2ccccc2n1)C(=O)Nc1oc(-c2ccccc2)c(-c2ccccc2)c1C#N. The second kappa shape index (κ2) is 9.88. The predicted octanol–water partition coefficient (Wildman–Crippen LogP) is 7.15. The molecule has 0 spiro atoms. The van der Waals surface area contributed by atoms with E-state index in [2.05, 4.69) is 16.4 Å². The Morgan fingerprint density at radius 1 is 0.914 bits per heavy atom. The number of nitrogens with one attached hydrogen (secondary N) is 1. The molecule has 5 nitrogen and oxygen atoms in total. The van der Waals surface area contributed by atoms with Gasteiger partial charge in [0.25, 0.3) is 0 Å². The fourth-order valence-electron chi connectivity index (χ4n) is 3.86. The van der Waals surface area contributed by atoms with Crippen LogP contribution >= 0.6 is 11.8 Å². The number of carbonyl (C=O) groups excluding carboxylic acids is 1. The number of nitriles is 1. The zero-order chi connectivity index (χ0) is 24.2. The molecule has 1 N–H and O–H groups in total. The number of pyridine rings is 1. The first-order valence-electron chi connectivity index (χ1n) is 11.1. The fraction of sp³-hybridized carbons (Fsp3) is 0.0690. The summed E-state index contributed by atoms with van der Waals surface area (Å²) in [6, 6.07) is 33.2. The summed E-state index contributed by atoms with van der Waals surface area (Å²) in [5.41, 5.74) is 3.50. The summed E-state index contributed by atoms with van der Waals surface area (Å²) in [7, 11) is 0. The van der Waals surface area contributed by atoms with Gasteiger partial charge >= 0.3 is 0 Å². The molecule has 1 amide bonds. The third-order valence-corrected chi connectivity index (χ3v) is 6.63. The molecule has 2 heterocycles. The molecule has 0 fully saturated rings. The van der Waals surface area contributed by atoms with Crippen LogP contribution < -0.4 is 5.32 Å². The molecule has 3 aromatic carbocycles. The maximum Gasteiger partial charge on any atom is 0.239 e. The van der Waals surface area contributed by atoms with Gasteiger partial charge in [0.1, 0.15) is 17.4 Å². The lowest BCUT2D eigenvalue weighted by atomic mass is 9.98. The summed E-state index contributed by atoms with van der Waals surface area (Å²) in [6.07, 6.45) is 0. The summed E-state index contributed by atoms with van der Waals surface area (Å²) >= 11 is 1.36. The zero-order valence-electron chi connectivity index (χ0n) is 18.9. The van der Waals surface area contributed by atoms with E-state index in [-0.39, 0.29) is 11.8 Å². The van der Waals surface area contributed by atoms with Crippen LogP contribution in [0.2, 0.25) is 0 Å². The van der Waals surface area contributed by atoms with Crippen molar-refractivity contribution in [1.29, 1.82) is 5.26 Å². The van der Waals surface area contributed by atoms with Crippen molar-refractivity contribution >= 4 is 34.5 Å². The molecule has 6 heteroatoms. The Labute approximate surface area is 207 Å². The van der Waals surface area contributed by atoms with Crippen LogP contribution in [-0.4, -0.2) is 16.1 Å². The van der Waals surface area contributed by atoms with Gasteiger partial charge in [0.2, 0.25) is 11.8 Å². The van der Waals surface area contributed by atoms with E-state index in [9.17, 15) is 10.1 Å². The first-order valence-corrected chi connectivity index (χ1v) is 12.0. The Morgan fingerprint density at radius 2 is 1.57 bits per heavy atom. The van der Waals surface area contributed by atoms with E-state index < -0.39 is 5.25 Å². The van der Waals surface area contributed by atoms with E-state index in [0.717, 1.165) is 27.1 Å². The molecule has 0 aliphatic rings. The fourth-order valence-corrected chi connectivity index (χ4v) is 4.69. The normalized spacial score (nSPS) is 11.7. The summed E-state index contributed by atoms with van der Waals surface area (Å²) in [6.45, 7) is 1.81. The second-order valence-electron chi connectivity index (χ2n) is 7.95. The number of aromatic nitrogens is 1. The van der Waals surface area contributed by atoms with Crippen molar-refractivity contribution in [2.45, 2.75) is 17.2 Å². The number of carbonyl (C=O) groups is 1. The summed E-state index contributed by atoms with van der Waals surface area (Å²) < 4.78 is 6.13. The molecule has 0 saturated carbocycles. The third-order valence-electron chi connectivity index (χ3n) is 5.59. The first-order chi connectivity index (χ1) is 17.1. The highest BCUT2D eigenvalue weighted by Crippen LogP contribution is 2.41. The lowest BCUT2D eigenvalue weighted by molar-refractivity contribution is -0.115. The zero-order valence-corrected chi connectivity index (χ0v) is 19.8. The van der Waals surface area contributed by atoms with Gasteiger partial charge in [-0.2, -0.15) is 5.26 Å². The predicted molar refractivity (Wildman–Crippen MR) is 140 cm³/mol. The highest BCUT2D eigenvalue weighted by atomic mass is 32.2. The van der Waals surface area contributed by atoms with E-state index in [1.54, 1.807) is 0 Å². The van der Waals surface area contributed by atoms with E-state index in [4.69, 9.17) is 4.42 Å². The lowest BCUT2D eigenvalue weighted by Crippen LogP contribution is -2.22. The number of fused-ring (bicyclic) bond motifs is 1. The Morgan fingerprint density at radius 3 is 2.29 bits per heavy atom. The average molecular weight is 476 g/mol. The number of thioether (sulfide) groups is 1. The van der Waals surface area contributed by atoms with Gasteiger partial charge in [-0.25, -0.2) is 4.98 Å². The minimum absolute atomic E-state index is 0.147. The van der Waals surface area contributed by atoms with Crippen LogP contribution in [0.1, 0.15) is 12.5 Å². The molecule has 2 aromatic heterocycles. The second-order valence-corrected chi connectivity index (χ2v) is 9.31. The Bertz CT molecular complexity index is 1540. The molecular weight excluding hydrogens is 454 g/mol. The quantitative estimate of drug-likeness (QED) is 0.264. The largest absolute Gasteiger partial charge is 0.438 e. The molecule has 0 saturated heterocycles. The number of furan rings is 1. The van der Waals surface area contributed by atoms with Crippen molar-refractivity contribution < 1.29 is 9.21 Å². The van der Waals surface area contributed by atoms with Gasteiger partial charge in [-0.15, -0.1) is 0 Å². The number of benzene rings is 3. The van der Waals surface area contributed by atoms with Crippen molar-refractivity contribution in [3.63, 3.8) is 0 Å². The number of para-hydroxylation sites is 1. The number of hydrogen-bond acceptors (Lipinski definition) is 5.